The van der Waals surface area contributed by atoms with Crippen molar-refractivity contribution in [3.05, 3.63) is 46.3 Å². The van der Waals surface area contributed by atoms with Crippen molar-refractivity contribution < 1.29 is 4.79 Å². The highest BCUT2D eigenvalue weighted by molar-refractivity contribution is 7.17. The summed E-state index contributed by atoms with van der Waals surface area (Å²) in [7, 11) is 0. The van der Waals surface area contributed by atoms with E-state index in [9.17, 15) is 4.79 Å². The Morgan fingerprint density at radius 3 is 2.46 bits per heavy atom. The van der Waals surface area contributed by atoms with E-state index in [2.05, 4.69) is 10.2 Å². The SMILES string of the molecule is Cl.O=C(N[C@H]1CN2CCC1CC2)c1ccc(-c2ccc(Cl)cc2)s1. The van der Waals surface area contributed by atoms with Gasteiger partial charge < -0.3 is 10.2 Å². The second-order valence-corrected chi connectivity index (χ2v) is 7.91. The summed E-state index contributed by atoms with van der Waals surface area (Å²) in [6.07, 6.45) is 2.43. The Hall–Kier alpha value is -1.07. The Bertz CT molecular complexity index is 708. The van der Waals surface area contributed by atoms with Crippen molar-refractivity contribution in [1.29, 1.82) is 0 Å². The molecule has 5 rings (SSSR count). The van der Waals surface area contributed by atoms with Crippen LogP contribution in [0, 0.1) is 5.92 Å². The largest absolute Gasteiger partial charge is 0.347 e. The summed E-state index contributed by atoms with van der Waals surface area (Å²) >= 11 is 7.47. The first kappa shape index (κ1) is 17.7. The van der Waals surface area contributed by atoms with Crippen LogP contribution in [0.25, 0.3) is 10.4 Å². The highest BCUT2D eigenvalue weighted by Gasteiger charge is 2.35. The number of halogens is 2. The first-order chi connectivity index (χ1) is 11.2. The third kappa shape index (κ3) is 3.62. The fourth-order valence-electron chi connectivity index (χ4n) is 3.60. The summed E-state index contributed by atoms with van der Waals surface area (Å²) in [5, 5.41) is 3.98. The van der Waals surface area contributed by atoms with Gasteiger partial charge in [0, 0.05) is 22.5 Å². The molecule has 0 unspecified atom stereocenters. The van der Waals surface area contributed by atoms with Crippen LogP contribution in [0.15, 0.2) is 36.4 Å². The lowest BCUT2D eigenvalue weighted by Gasteiger charge is -2.44. The number of hydrogen-bond acceptors (Lipinski definition) is 3. The predicted octanol–water partition coefficient (Wildman–Crippen LogP) is 4.31. The maximum Gasteiger partial charge on any atom is 0.261 e. The Kier molecular flexibility index (Phi) is 5.50. The van der Waals surface area contributed by atoms with Crippen LogP contribution >= 0.6 is 35.3 Å². The maximum atomic E-state index is 12.5. The molecule has 0 spiro atoms. The molecule has 0 aliphatic carbocycles. The number of piperidine rings is 3. The van der Waals surface area contributed by atoms with Crippen LogP contribution in [0.4, 0.5) is 0 Å². The summed E-state index contributed by atoms with van der Waals surface area (Å²) < 4.78 is 0. The lowest BCUT2D eigenvalue weighted by molar-refractivity contribution is 0.0622. The number of rotatable bonds is 3. The normalized spacial score (nSPS) is 25.1. The van der Waals surface area contributed by atoms with Crippen LogP contribution in [0.5, 0.6) is 0 Å². The molecule has 2 aromatic rings. The zero-order chi connectivity index (χ0) is 15.8. The number of carbonyl (C=O) groups excluding carboxylic acids is 1. The topological polar surface area (TPSA) is 32.3 Å². The number of nitrogens with one attached hydrogen (secondary N) is 1. The van der Waals surface area contributed by atoms with Gasteiger partial charge in [-0.3, -0.25) is 4.79 Å². The lowest BCUT2D eigenvalue weighted by atomic mass is 9.84. The van der Waals surface area contributed by atoms with Crippen LogP contribution in [-0.4, -0.2) is 36.5 Å². The first-order valence-electron chi connectivity index (χ1n) is 8.08. The van der Waals surface area contributed by atoms with Gasteiger partial charge in [0.05, 0.1) is 4.88 Å². The smallest absolute Gasteiger partial charge is 0.261 e. The van der Waals surface area contributed by atoms with Crippen molar-refractivity contribution in [2.24, 2.45) is 5.92 Å². The van der Waals surface area contributed by atoms with Crippen molar-refractivity contribution in [1.82, 2.24) is 10.2 Å². The van der Waals surface area contributed by atoms with E-state index in [4.69, 9.17) is 11.6 Å². The number of hydrogen-bond donors (Lipinski definition) is 1. The zero-order valence-electron chi connectivity index (χ0n) is 13.2. The van der Waals surface area contributed by atoms with Crippen LogP contribution in [0.1, 0.15) is 22.5 Å². The van der Waals surface area contributed by atoms with E-state index >= 15 is 0 Å². The molecule has 1 atom stereocenters. The Morgan fingerprint density at radius 2 is 1.83 bits per heavy atom. The van der Waals surface area contributed by atoms with Gasteiger partial charge >= 0.3 is 0 Å². The van der Waals surface area contributed by atoms with Gasteiger partial charge in [-0.05, 0) is 61.7 Å². The second-order valence-electron chi connectivity index (χ2n) is 6.39. The van der Waals surface area contributed by atoms with Gasteiger partial charge in [0.2, 0.25) is 0 Å². The molecule has 0 saturated carbocycles. The molecular formula is C18H20Cl2N2OS. The average Bonchev–Trinajstić information content (AvgIpc) is 3.07. The molecule has 3 fully saturated rings. The monoisotopic (exact) mass is 382 g/mol. The molecule has 3 aliphatic heterocycles. The van der Waals surface area contributed by atoms with Crippen LogP contribution in [0.2, 0.25) is 5.02 Å². The first-order valence-corrected chi connectivity index (χ1v) is 9.27. The summed E-state index contributed by atoms with van der Waals surface area (Å²) in [6.45, 7) is 3.39. The van der Waals surface area contributed by atoms with E-state index in [0.29, 0.717) is 12.0 Å². The molecule has 1 N–H and O–H groups in total. The minimum atomic E-state index is 0. The highest BCUT2D eigenvalue weighted by atomic mass is 35.5. The van der Waals surface area contributed by atoms with Crippen LogP contribution in [0.3, 0.4) is 0 Å². The van der Waals surface area contributed by atoms with Gasteiger partial charge in [-0.15, -0.1) is 23.7 Å². The minimum absolute atomic E-state index is 0. The van der Waals surface area contributed by atoms with Gasteiger partial charge in [-0.2, -0.15) is 0 Å². The highest BCUT2D eigenvalue weighted by Crippen LogP contribution is 2.30. The van der Waals surface area contributed by atoms with Crippen LogP contribution < -0.4 is 5.32 Å². The van der Waals surface area contributed by atoms with Crippen molar-refractivity contribution in [2.75, 3.05) is 19.6 Å². The van der Waals surface area contributed by atoms with Gasteiger partial charge in [0.1, 0.15) is 0 Å². The van der Waals surface area contributed by atoms with E-state index in [-0.39, 0.29) is 18.3 Å². The van der Waals surface area contributed by atoms with Crippen molar-refractivity contribution in [3.8, 4) is 10.4 Å². The summed E-state index contributed by atoms with van der Waals surface area (Å²) in [5.74, 6) is 0.716. The molecule has 2 bridgehead atoms. The Morgan fingerprint density at radius 1 is 1.12 bits per heavy atom. The quantitative estimate of drug-likeness (QED) is 0.857. The van der Waals surface area contributed by atoms with E-state index < -0.39 is 0 Å². The van der Waals surface area contributed by atoms with Gasteiger partial charge in [-0.25, -0.2) is 0 Å². The molecule has 1 aromatic carbocycles. The predicted molar refractivity (Wildman–Crippen MR) is 102 cm³/mol. The van der Waals surface area contributed by atoms with E-state index in [1.807, 2.05) is 36.4 Å². The van der Waals surface area contributed by atoms with Gasteiger partial charge in [0.15, 0.2) is 0 Å². The lowest BCUT2D eigenvalue weighted by Crippen LogP contribution is -2.57. The summed E-state index contributed by atoms with van der Waals surface area (Å²) in [5.41, 5.74) is 1.10. The fourth-order valence-corrected chi connectivity index (χ4v) is 4.64. The molecule has 3 saturated heterocycles. The molecule has 3 nitrogen and oxygen atoms in total. The van der Waals surface area contributed by atoms with Crippen molar-refractivity contribution >= 4 is 41.3 Å². The minimum Gasteiger partial charge on any atom is -0.347 e. The molecule has 1 amide bonds. The molecule has 6 heteroatoms. The number of amides is 1. The molecular weight excluding hydrogens is 363 g/mol. The number of fused-ring (bicyclic) bond motifs is 3. The molecule has 3 aliphatic rings. The Balaban J connectivity index is 0.00000169. The standard InChI is InChI=1S/C18H19ClN2OS.ClH/c19-14-3-1-13(2-4-14)16-5-6-17(23-16)18(22)20-15-11-21-9-7-12(15)8-10-21;/h1-6,12,15H,7-11H2,(H,20,22);1H/t15-;/m0./s1. The number of carbonyl (C=O) groups is 1. The van der Waals surface area contributed by atoms with E-state index in [1.165, 1.54) is 37.3 Å². The van der Waals surface area contributed by atoms with Gasteiger partial charge in [0.25, 0.3) is 5.91 Å². The molecule has 1 aromatic heterocycles. The zero-order valence-corrected chi connectivity index (χ0v) is 15.6. The Labute approximate surface area is 157 Å². The van der Waals surface area contributed by atoms with Crippen LogP contribution in [-0.2, 0) is 0 Å². The van der Waals surface area contributed by atoms with Gasteiger partial charge in [-0.1, -0.05) is 23.7 Å². The summed E-state index contributed by atoms with van der Waals surface area (Å²) in [4.78, 5) is 16.9. The molecule has 24 heavy (non-hydrogen) atoms. The van der Waals surface area contributed by atoms with E-state index in [0.717, 1.165) is 26.9 Å². The summed E-state index contributed by atoms with van der Waals surface area (Å²) in [6, 6.07) is 12.0. The maximum absolute atomic E-state index is 12.5. The van der Waals surface area contributed by atoms with Crippen molar-refractivity contribution in [3.63, 3.8) is 0 Å². The second kappa shape index (κ2) is 7.44. The third-order valence-electron chi connectivity index (χ3n) is 4.93. The molecule has 128 valence electrons. The van der Waals surface area contributed by atoms with E-state index in [1.54, 1.807) is 0 Å². The number of nitrogens with zero attached hydrogens (tertiary/aromatic N) is 1. The average molecular weight is 383 g/mol. The number of benzene rings is 1. The van der Waals surface area contributed by atoms with Crippen molar-refractivity contribution in [2.45, 2.75) is 18.9 Å². The molecule has 0 radical (unpaired) electrons. The fraction of sp³-hybridized carbons (Fsp3) is 0.389. The molecule has 4 heterocycles. The third-order valence-corrected chi connectivity index (χ3v) is 6.32. The number of thiophene rings is 1.